The van der Waals surface area contributed by atoms with Gasteiger partial charge < -0.3 is 9.50 Å². The standard InChI is InChI=1S/C25H18ClN3O8S2/c1-15-5-10-20(13-21(15)29(33)34)39(35,36)37-19-8-6-16(7-9-19)11-22-24(31)28(25(32)38-22)14-23(30)27-18-4-2-3-17(26)12-18/h2-13H,14H2,1H3,(H,27,30)/b22-11-. The number of nitro benzene ring substituents is 1. The SMILES string of the molecule is Cc1ccc(S(=O)(=O)Oc2ccc(/C=C3\SC(=O)N(CC(=O)Nc4cccc(Cl)c4)C3=O)cc2)cc1[N+](=O)[O-]. The topological polar surface area (TPSA) is 153 Å². The van der Waals surface area contributed by atoms with Gasteiger partial charge in [-0.3, -0.25) is 29.4 Å². The molecule has 11 nitrogen and oxygen atoms in total. The van der Waals surface area contributed by atoms with Crippen LogP contribution >= 0.6 is 23.4 Å². The Morgan fingerprint density at radius 1 is 1.13 bits per heavy atom. The highest BCUT2D eigenvalue weighted by molar-refractivity contribution is 8.18. The van der Waals surface area contributed by atoms with E-state index in [1.165, 1.54) is 55.5 Å². The molecule has 0 saturated carbocycles. The Kier molecular flexibility index (Phi) is 8.04. The number of anilines is 1. The van der Waals surface area contributed by atoms with Crippen molar-refractivity contribution in [2.75, 3.05) is 11.9 Å². The lowest BCUT2D eigenvalue weighted by atomic mass is 10.2. The summed E-state index contributed by atoms with van der Waals surface area (Å²) in [6.07, 6.45) is 1.42. The van der Waals surface area contributed by atoms with Crippen LogP contribution < -0.4 is 9.50 Å². The monoisotopic (exact) mass is 587 g/mol. The van der Waals surface area contributed by atoms with E-state index in [0.717, 1.165) is 11.0 Å². The fourth-order valence-corrected chi connectivity index (χ4v) is 5.41. The zero-order valence-corrected chi connectivity index (χ0v) is 22.4. The largest absolute Gasteiger partial charge is 0.379 e. The molecule has 1 fully saturated rings. The number of amides is 3. The highest BCUT2D eigenvalue weighted by Gasteiger charge is 2.36. The lowest BCUT2D eigenvalue weighted by Gasteiger charge is -2.12. The lowest BCUT2D eigenvalue weighted by molar-refractivity contribution is -0.385. The molecule has 1 saturated heterocycles. The Balaban J connectivity index is 1.43. The molecule has 1 aliphatic heterocycles. The van der Waals surface area contributed by atoms with Crippen molar-refractivity contribution in [3.05, 3.63) is 97.9 Å². The van der Waals surface area contributed by atoms with Crippen molar-refractivity contribution in [3.63, 3.8) is 0 Å². The minimum absolute atomic E-state index is 0.0684. The molecule has 1 N–H and O–H groups in total. The first-order valence-corrected chi connectivity index (χ1v) is 13.6. The second kappa shape index (κ2) is 11.3. The number of imide groups is 1. The molecule has 3 aromatic carbocycles. The molecule has 0 aliphatic carbocycles. The van der Waals surface area contributed by atoms with Crippen LogP contribution in [-0.2, 0) is 19.7 Å². The summed E-state index contributed by atoms with van der Waals surface area (Å²) >= 11 is 6.55. The average Bonchev–Trinajstić information content (AvgIpc) is 3.12. The third-order valence-electron chi connectivity index (χ3n) is 5.33. The van der Waals surface area contributed by atoms with Gasteiger partial charge in [0.2, 0.25) is 5.91 Å². The van der Waals surface area contributed by atoms with Gasteiger partial charge in [0, 0.05) is 22.3 Å². The second-order valence-electron chi connectivity index (χ2n) is 8.14. The van der Waals surface area contributed by atoms with E-state index in [2.05, 4.69) is 5.32 Å². The van der Waals surface area contributed by atoms with Gasteiger partial charge in [-0.2, -0.15) is 8.42 Å². The number of nitrogens with one attached hydrogen (secondary N) is 1. The Labute approximate surface area is 231 Å². The maximum atomic E-state index is 12.7. The molecular formula is C25H18ClN3O8S2. The molecule has 3 aromatic rings. The van der Waals surface area contributed by atoms with Crippen LogP contribution in [0.4, 0.5) is 16.2 Å². The number of nitrogens with zero attached hydrogens (tertiary/aromatic N) is 2. The van der Waals surface area contributed by atoms with Crippen molar-refractivity contribution < 1.29 is 31.9 Å². The maximum absolute atomic E-state index is 12.7. The van der Waals surface area contributed by atoms with Crippen LogP contribution in [-0.4, -0.2) is 41.8 Å². The predicted octanol–water partition coefficient (Wildman–Crippen LogP) is 5.00. The number of aryl methyl sites for hydroxylation is 1. The first kappa shape index (κ1) is 27.8. The van der Waals surface area contributed by atoms with Gasteiger partial charge in [-0.1, -0.05) is 35.9 Å². The normalized spacial score (nSPS) is 14.5. The highest BCUT2D eigenvalue weighted by Crippen LogP contribution is 2.33. The van der Waals surface area contributed by atoms with E-state index in [4.69, 9.17) is 15.8 Å². The van der Waals surface area contributed by atoms with E-state index >= 15 is 0 Å². The molecule has 4 rings (SSSR count). The van der Waals surface area contributed by atoms with Crippen molar-refractivity contribution in [3.8, 4) is 5.75 Å². The number of thioether (sulfide) groups is 1. The fourth-order valence-electron chi connectivity index (χ4n) is 3.43. The van der Waals surface area contributed by atoms with Gasteiger partial charge in [-0.05, 0) is 66.7 Å². The first-order valence-electron chi connectivity index (χ1n) is 11.0. The molecule has 0 aromatic heterocycles. The molecule has 14 heteroatoms. The van der Waals surface area contributed by atoms with Crippen molar-refractivity contribution >= 4 is 68.0 Å². The number of nitro groups is 1. The Morgan fingerprint density at radius 2 is 1.85 bits per heavy atom. The molecule has 39 heavy (non-hydrogen) atoms. The number of carbonyl (C=O) groups excluding carboxylic acids is 3. The molecule has 0 bridgehead atoms. The Bertz CT molecular complexity index is 1640. The molecule has 1 aliphatic rings. The van der Waals surface area contributed by atoms with E-state index in [0.29, 0.717) is 33.6 Å². The van der Waals surface area contributed by atoms with Crippen LogP contribution in [0.25, 0.3) is 6.08 Å². The Morgan fingerprint density at radius 3 is 2.51 bits per heavy atom. The highest BCUT2D eigenvalue weighted by atomic mass is 35.5. The van der Waals surface area contributed by atoms with E-state index < -0.39 is 38.6 Å². The summed E-state index contributed by atoms with van der Waals surface area (Å²) < 4.78 is 30.3. The van der Waals surface area contributed by atoms with Crippen LogP contribution in [0.2, 0.25) is 5.02 Å². The summed E-state index contributed by atoms with van der Waals surface area (Å²) in [4.78, 5) is 48.4. The Hall–Kier alpha value is -4.20. The number of halogens is 1. The van der Waals surface area contributed by atoms with Crippen LogP contribution in [0, 0.1) is 17.0 Å². The van der Waals surface area contributed by atoms with Crippen LogP contribution in [0.5, 0.6) is 5.75 Å². The van der Waals surface area contributed by atoms with E-state index in [9.17, 15) is 32.9 Å². The van der Waals surface area contributed by atoms with Gasteiger partial charge in [-0.25, -0.2) is 0 Å². The summed E-state index contributed by atoms with van der Waals surface area (Å²) in [6, 6.07) is 15.4. The molecule has 0 atom stereocenters. The lowest BCUT2D eigenvalue weighted by Crippen LogP contribution is -2.36. The summed E-state index contributed by atoms with van der Waals surface area (Å²) in [5.74, 6) is -1.31. The van der Waals surface area contributed by atoms with Crippen LogP contribution in [0.3, 0.4) is 0 Å². The molecule has 0 radical (unpaired) electrons. The van der Waals surface area contributed by atoms with Gasteiger partial charge in [-0.15, -0.1) is 0 Å². The van der Waals surface area contributed by atoms with Gasteiger partial charge >= 0.3 is 10.1 Å². The van der Waals surface area contributed by atoms with Crippen LogP contribution in [0.1, 0.15) is 11.1 Å². The molecule has 0 spiro atoms. The zero-order chi connectivity index (χ0) is 28.3. The molecule has 1 heterocycles. The van der Waals surface area contributed by atoms with Crippen molar-refractivity contribution in [1.29, 1.82) is 0 Å². The van der Waals surface area contributed by atoms with Gasteiger partial charge in [0.15, 0.2) is 0 Å². The quantitative estimate of drug-likeness (QED) is 0.166. The first-order chi connectivity index (χ1) is 18.4. The van der Waals surface area contributed by atoms with Gasteiger partial charge in [0.1, 0.15) is 17.2 Å². The summed E-state index contributed by atoms with van der Waals surface area (Å²) in [5.41, 5.74) is 0.819. The predicted molar refractivity (Wildman–Crippen MR) is 145 cm³/mol. The third kappa shape index (κ3) is 6.63. The third-order valence-corrected chi connectivity index (χ3v) is 7.72. The van der Waals surface area contributed by atoms with E-state index in [1.54, 1.807) is 18.2 Å². The van der Waals surface area contributed by atoms with Crippen molar-refractivity contribution in [2.24, 2.45) is 0 Å². The van der Waals surface area contributed by atoms with Crippen molar-refractivity contribution in [1.82, 2.24) is 4.90 Å². The summed E-state index contributed by atoms with van der Waals surface area (Å²) in [7, 11) is -4.36. The summed E-state index contributed by atoms with van der Waals surface area (Å²) in [6.45, 7) is 0.995. The fraction of sp³-hybridized carbons (Fsp3) is 0.0800. The van der Waals surface area contributed by atoms with Crippen molar-refractivity contribution in [2.45, 2.75) is 11.8 Å². The minimum atomic E-state index is -4.36. The maximum Gasteiger partial charge on any atom is 0.339 e. The zero-order valence-electron chi connectivity index (χ0n) is 20.0. The van der Waals surface area contributed by atoms with E-state index in [1.807, 2.05) is 0 Å². The molecule has 3 amide bonds. The van der Waals surface area contributed by atoms with Crippen LogP contribution in [0.15, 0.2) is 76.5 Å². The second-order valence-corrected chi connectivity index (χ2v) is 11.1. The van der Waals surface area contributed by atoms with E-state index in [-0.39, 0.29) is 21.2 Å². The minimum Gasteiger partial charge on any atom is -0.379 e. The molecule has 0 unspecified atom stereocenters. The molecule has 200 valence electrons. The number of hydrogen-bond donors (Lipinski definition) is 1. The van der Waals surface area contributed by atoms with Gasteiger partial charge in [0.25, 0.3) is 16.8 Å². The molecular weight excluding hydrogens is 570 g/mol. The number of carbonyl (C=O) groups is 3. The number of hydrogen-bond acceptors (Lipinski definition) is 9. The number of rotatable bonds is 8. The average molecular weight is 588 g/mol. The smallest absolute Gasteiger partial charge is 0.339 e. The summed E-state index contributed by atoms with van der Waals surface area (Å²) in [5, 5.41) is 13.5. The number of benzene rings is 3. The van der Waals surface area contributed by atoms with Gasteiger partial charge in [0.05, 0.1) is 9.83 Å².